The zero-order valence-electron chi connectivity index (χ0n) is 11.2. The number of hydrogen-bond acceptors (Lipinski definition) is 4. The van der Waals surface area contributed by atoms with E-state index in [1.165, 1.54) is 11.4 Å². The number of nitrogens with zero attached hydrogens (tertiary/aromatic N) is 1. The number of aliphatic hydroxyl groups is 1. The highest BCUT2D eigenvalue weighted by Crippen LogP contribution is 2.31. The maximum absolute atomic E-state index is 12.7. The van der Waals surface area contributed by atoms with Crippen molar-refractivity contribution in [2.45, 2.75) is 30.7 Å². The van der Waals surface area contributed by atoms with E-state index in [1.54, 1.807) is 12.1 Å². The first kappa shape index (κ1) is 14.3. The molecule has 1 aromatic carbocycles. The number of aliphatic hydroxyl groups excluding tert-OH is 1. The fraction of sp³-hybridized carbons (Fsp3) is 0.538. The number of sulfonamides is 1. The molecule has 0 spiro atoms. The highest BCUT2D eigenvalue weighted by atomic mass is 32.2. The van der Waals surface area contributed by atoms with Gasteiger partial charge in [-0.2, -0.15) is 4.31 Å². The zero-order valence-corrected chi connectivity index (χ0v) is 12.0. The summed E-state index contributed by atoms with van der Waals surface area (Å²) in [5, 5.41) is 9.29. The van der Waals surface area contributed by atoms with E-state index in [0.29, 0.717) is 18.7 Å². The van der Waals surface area contributed by atoms with Crippen LogP contribution >= 0.6 is 0 Å². The predicted octanol–water partition coefficient (Wildman–Crippen LogP) is 1.15. The molecule has 0 bridgehead atoms. The van der Waals surface area contributed by atoms with E-state index in [0.717, 1.165) is 12.0 Å². The van der Waals surface area contributed by atoms with E-state index in [1.807, 2.05) is 13.0 Å². The van der Waals surface area contributed by atoms with Gasteiger partial charge in [0.2, 0.25) is 10.0 Å². The Hall–Kier alpha value is -1.11. The predicted molar refractivity (Wildman–Crippen MR) is 71.7 cm³/mol. The summed E-state index contributed by atoms with van der Waals surface area (Å²) in [5.74, 6) is 0.342. The van der Waals surface area contributed by atoms with Crippen LogP contribution < -0.4 is 4.74 Å². The Morgan fingerprint density at radius 1 is 1.47 bits per heavy atom. The normalized spacial score (nSPS) is 20.7. The molecule has 0 radical (unpaired) electrons. The number of aryl methyl sites for hydroxylation is 1. The van der Waals surface area contributed by atoms with Gasteiger partial charge in [-0.05, 0) is 37.5 Å². The lowest BCUT2D eigenvalue weighted by atomic mass is 10.2. The third-order valence-electron chi connectivity index (χ3n) is 3.44. The van der Waals surface area contributed by atoms with Crippen LogP contribution in [0.15, 0.2) is 23.1 Å². The molecule has 1 unspecified atom stereocenters. The lowest BCUT2D eigenvalue weighted by molar-refractivity contribution is 0.213. The van der Waals surface area contributed by atoms with Gasteiger partial charge < -0.3 is 9.84 Å². The van der Waals surface area contributed by atoms with Crippen LogP contribution in [0.5, 0.6) is 5.75 Å². The molecular formula is C13H19NO4S. The van der Waals surface area contributed by atoms with E-state index in [2.05, 4.69) is 0 Å². The molecule has 0 aliphatic carbocycles. The first-order valence-electron chi connectivity index (χ1n) is 6.28. The molecule has 0 aromatic heterocycles. The van der Waals surface area contributed by atoms with Crippen LogP contribution in [-0.4, -0.2) is 44.1 Å². The topological polar surface area (TPSA) is 66.8 Å². The Morgan fingerprint density at radius 2 is 2.21 bits per heavy atom. The van der Waals surface area contributed by atoms with Crippen molar-refractivity contribution in [1.29, 1.82) is 0 Å². The second kappa shape index (κ2) is 5.48. The van der Waals surface area contributed by atoms with Crippen LogP contribution in [0.25, 0.3) is 0 Å². The number of rotatable bonds is 4. The van der Waals surface area contributed by atoms with Gasteiger partial charge in [-0.25, -0.2) is 8.42 Å². The van der Waals surface area contributed by atoms with Crippen molar-refractivity contribution in [3.63, 3.8) is 0 Å². The Balaban J connectivity index is 2.47. The van der Waals surface area contributed by atoms with Crippen molar-refractivity contribution in [2.75, 3.05) is 20.3 Å². The van der Waals surface area contributed by atoms with Gasteiger partial charge in [-0.15, -0.1) is 0 Å². The minimum Gasteiger partial charge on any atom is -0.495 e. The molecular weight excluding hydrogens is 266 g/mol. The molecule has 1 aliphatic heterocycles. The van der Waals surface area contributed by atoms with Gasteiger partial charge in [0.05, 0.1) is 13.7 Å². The molecule has 1 saturated heterocycles. The maximum Gasteiger partial charge on any atom is 0.247 e. The summed E-state index contributed by atoms with van der Waals surface area (Å²) in [6.45, 7) is 2.14. The molecule has 5 nitrogen and oxygen atoms in total. The third-order valence-corrected chi connectivity index (χ3v) is 5.41. The fourth-order valence-corrected chi connectivity index (χ4v) is 4.35. The molecule has 1 atom stereocenters. The van der Waals surface area contributed by atoms with E-state index >= 15 is 0 Å². The highest BCUT2D eigenvalue weighted by molar-refractivity contribution is 7.89. The second-order valence-corrected chi connectivity index (χ2v) is 6.61. The lowest BCUT2D eigenvalue weighted by Gasteiger charge is -2.23. The molecule has 2 rings (SSSR count). The van der Waals surface area contributed by atoms with Gasteiger partial charge in [0.15, 0.2) is 0 Å². The van der Waals surface area contributed by atoms with Gasteiger partial charge in [0.25, 0.3) is 0 Å². The van der Waals surface area contributed by atoms with E-state index < -0.39 is 10.0 Å². The SMILES string of the molecule is COc1ccc(C)cc1S(=O)(=O)N1CCCC1CO. The first-order chi connectivity index (χ1) is 9.00. The molecule has 1 heterocycles. The quantitative estimate of drug-likeness (QED) is 0.901. The maximum atomic E-state index is 12.7. The Morgan fingerprint density at radius 3 is 2.84 bits per heavy atom. The van der Waals surface area contributed by atoms with Crippen LogP contribution in [0.1, 0.15) is 18.4 Å². The van der Waals surface area contributed by atoms with E-state index in [4.69, 9.17) is 4.74 Å². The minimum absolute atomic E-state index is 0.145. The third kappa shape index (κ3) is 2.61. The van der Waals surface area contributed by atoms with Crippen molar-refractivity contribution in [2.24, 2.45) is 0 Å². The van der Waals surface area contributed by atoms with Gasteiger partial charge in [0.1, 0.15) is 10.6 Å². The standard InChI is InChI=1S/C13H19NO4S/c1-10-5-6-12(18-2)13(8-10)19(16,17)14-7-3-4-11(14)9-15/h5-6,8,11,15H,3-4,7,9H2,1-2H3. The fourth-order valence-electron chi connectivity index (χ4n) is 2.42. The zero-order chi connectivity index (χ0) is 14.0. The molecule has 0 saturated carbocycles. The van der Waals surface area contributed by atoms with Crippen molar-refractivity contribution in [3.05, 3.63) is 23.8 Å². The molecule has 0 amide bonds. The highest BCUT2D eigenvalue weighted by Gasteiger charge is 2.36. The molecule has 1 aromatic rings. The minimum atomic E-state index is -3.62. The van der Waals surface area contributed by atoms with Crippen LogP contribution in [0.2, 0.25) is 0 Å². The summed E-state index contributed by atoms with van der Waals surface area (Å²) in [6, 6.07) is 4.76. The Labute approximate surface area is 113 Å². The van der Waals surface area contributed by atoms with Crippen LogP contribution in [-0.2, 0) is 10.0 Å². The molecule has 19 heavy (non-hydrogen) atoms. The number of methoxy groups -OCH3 is 1. The van der Waals surface area contributed by atoms with Crippen LogP contribution in [0.4, 0.5) is 0 Å². The van der Waals surface area contributed by atoms with E-state index in [-0.39, 0.29) is 17.5 Å². The summed E-state index contributed by atoms with van der Waals surface area (Å²) < 4.78 is 31.9. The largest absolute Gasteiger partial charge is 0.495 e. The summed E-state index contributed by atoms with van der Waals surface area (Å²) in [6.07, 6.45) is 1.47. The summed E-state index contributed by atoms with van der Waals surface area (Å²) in [4.78, 5) is 0.176. The number of hydrogen-bond donors (Lipinski definition) is 1. The van der Waals surface area contributed by atoms with Crippen molar-refractivity contribution in [1.82, 2.24) is 4.31 Å². The summed E-state index contributed by atoms with van der Waals surface area (Å²) in [7, 11) is -2.16. The van der Waals surface area contributed by atoms with Crippen molar-refractivity contribution < 1.29 is 18.3 Å². The monoisotopic (exact) mass is 285 g/mol. The van der Waals surface area contributed by atoms with Gasteiger partial charge in [-0.1, -0.05) is 6.07 Å². The van der Waals surface area contributed by atoms with Crippen LogP contribution in [0, 0.1) is 6.92 Å². The number of ether oxygens (including phenoxy) is 1. The summed E-state index contributed by atoms with van der Waals surface area (Å²) >= 11 is 0. The molecule has 106 valence electrons. The summed E-state index contributed by atoms with van der Waals surface area (Å²) in [5.41, 5.74) is 0.860. The average Bonchev–Trinajstić information content (AvgIpc) is 2.87. The van der Waals surface area contributed by atoms with Crippen molar-refractivity contribution >= 4 is 10.0 Å². The molecule has 1 fully saturated rings. The van der Waals surface area contributed by atoms with Gasteiger partial charge in [0, 0.05) is 12.6 Å². The lowest BCUT2D eigenvalue weighted by Crippen LogP contribution is -2.37. The van der Waals surface area contributed by atoms with Gasteiger partial charge in [-0.3, -0.25) is 0 Å². The Kier molecular flexibility index (Phi) is 4.13. The smallest absolute Gasteiger partial charge is 0.247 e. The van der Waals surface area contributed by atoms with Crippen molar-refractivity contribution in [3.8, 4) is 5.75 Å². The van der Waals surface area contributed by atoms with Gasteiger partial charge >= 0.3 is 0 Å². The number of benzene rings is 1. The van der Waals surface area contributed by atoms with E-state index in [9.17, 15) is 13.5 Å². The average molecular weight is 285 g/mol. The second-order valence-electron chi connectivity index (χ2n) is 4.75. The Bertz CT molecular complexity index is 556. The van der Waals surface area contributed by atoms with Crippen LogP contribution in [0.3, 0.4) is 0 Å². The molecule has 6 heteroatoms. The molecule has 1 N–H and O–H groups in total. The molecule has 1 aliphatic rings. The first-order valence-corrected chi connectivity index (χ1v) is 7.72.